The first kappa shape index (κ1) is 18.5. The fraction of sp³-hybridized carbons (Fsp3) is 0.333. The number of oxazole rings is 1. The maximum atomic E-state index is 12.7. The smallest absolute Gasteiger partial charge is 0.223 e. The summed E-state index contributed by atoms with van der Waals surface area (Å²) >= 11 is 0. The number of carbonyl (C=O) groups excluding carboxylic acids is 1. The molecule has 2 heterocycles. The van der Waals surface area contributed by atoms with Crippen LogP contribution in [0.5, 0.6) is 0 Å². The maximum absolute atomic E-state index is 12.7. The number of amides is 1. The molecular weight excluding hydrogens is 348 g/mol. The van der Waals surface area contributed by atoms with Gasteiger partial charge in [0.25, 0.3) is 0 Å². The van der Waals surface area contributed by atoms with Crippen LogP contribution in [0.25, 0.3) is 22.6 Å². The van der Waals surface area contributed by atoms with Crippen molar-refractivity contribution in [1.29, 1.82) is 0 Å². The second-order valence-corrected chi connectivity index (χ2v) is 7.45. The Labute approximate surface area is 166 Å². The first-order valence-electron chi connectivity index (χ1n) is 10.1. The average molecular weight is 374 g/mol. The molecule has 1 aliphatic heterocycles. The molecule has 28 heavy (non-hydrogen) atoms. The molecule has 1 aromatic heterocycles. The monoisotopic (exact) mass is 374 g/mol. The first-order valence-corrected chi connectivity index (χ1v) is 10.1. The van der Waals surface area contributed by atoms with Crippen molar-refractivity contribution in [2.24, 2.45) is 0 Å². The van der Waals surface area contributed by atoms with E-state index in [-0.39, 0.29) is 5.91 Å². The molecule has 1 atom stereocenters. The van der Waals surface area contributed by atoms with E-state index in [0.29, 0.717) is 24.8 Å². The van der Waals surface area contributed by atoms with Crippen LogP contribution in [-0.2, 0) is 11.2 Å². The molecule has 0 radical (unpaired) electrons. The predicted octanol–water partition coefficient (Wildman–Crippen LogP) is 5.34. The summed E-state index contributed by atoms with van der Waals surface area (Å²) in [4.78, 5) is 19.4. The number of nitrogens with zero attached hydrogens (tertiary/aromatic N) is 2. The van der Waals surface area contributed by atoms with E-state index in [0.717, 1.165) is 42.0 Å². The van der Waals surface area contributed by atoms with E-state index in [1.54, 1.807) is 0 Å². The van der Waals surface area contributed by atoms with Gasteiger partial charge in [-0.25, -0.2) is 4.98 Å². The van der Waals surface area contributed by atoms with E-state index in [4.69, 9.17) is 9.40 Å². The second kappa shape index (κ2) is 8.42. The summed E-state index contributed by atoms with van der Waals surface area (Å²) < 4.78 is 6.14. The van der Waals surface area contributed by atoms with Crippen LogP contribution in [0.2, 0.25) is 0 Å². The Hall–Kier alpha value is -2.88. The lowest BCUT2D eigenvalue weighted by molar-refractivity contribution is -0.134. The van der Waals surface area contributed by atoms with E-state index >= 15 is 0 Å². The zero-order valence-electron chi connectivity index (χ0n) is 16.3. The number of hydrogen-bond acceptors (Lipinski definition) is 3. The van der Waals surface area contributed by atoms with Gasteiger partial charge >= 0.3 is 0 Å². The number of likely N-dealkylation sites (tertiary alicyclic amines) is 1. The van der Waals surface area contributed by atoms with Gasteiger partial charge in [0.1, 0.15) is 5.69 Å². The molecule has 1 fully saturated rings. The fourth-order valence-corrected chi connectivity index (χ4v) is 3.87. The SMILES string of the molecule is CC1CCCCN1C(=O)CCc1nc(-c2ccccc2)c(-c2ccccc2)o1. The van der Waals surface area contributed by atoms with E-state index < -0.39 is 0 Å². The number of benzene rings is 2. The van der Waals surface area contributed by atoms with Gasteiger partial charge in [0.15, 0.2) is 11.7 Å². The lowest BCUT2D eigenvalue weighted by atomic mass is 10.0. The third-order valence-corrected chi connectivity index (χ3v) is 5.43. The fourth-order valence-electron chi connectivity index (χ4n) is 3.87. The zero-order chi connectivity index (χ0) is 19.3. The summed E-state index contributed by atoms with van der Waals surface area (Å²) in [5.74, 6) is 1.59. The van der Waals surface area contributed by atoms with Crippen LogP contribution >= 0.6 is 0 Å². The van der Waals surface area contributed by atoms with Crippen molar-refractivity contribution in [3.8, 4) is 22.6 Å². The third-order valence-electron chi connectivity index (χ3n) is 5.43. The van der Waals surface area contributed by atoms with Gasteiger partial charge < -0.3 is 9.32 Å². The molecule has 144 valence electrons. The quantitative estimate of drug-likeness (QED) is 0.605. The first-order chi connectivity index (χ1) is 13.7. The van der Waals surface area contributed by atoms with Crippen molar-refractivity contribution >= 4 is 5.91 Å². The molecule has 1 saturated heterocycles. The summed E-state index contributed by atoms with van der Waals surface area (Å²) in [6.45, 7) is 3.01. The van der Waals surface area contributed by atoms with Gasteiger partial charge in [-0.15, -0.1) is 0 Å². The Bertz CT molecular complexity index is 861. The van der Waals surface area contributed by atoms with Crippen molar-refractivity contribution in [1.82, 2.24) is 9.88 Å². The average Bonchev–Trinajstić information content (AvgIpc) is 3.18. The van der Waals surface area contributed by atoms with E-state index in [1.807, 2.05) is 65.6 Å². The normalized spacial score (nSPS) is 16.9. The van der Waals surface area contributed by atoms with Crippen LogP contribution in [-0.4, -0.2) is 28.4 Å². The van der Waals surface area contributed by atoms with Gasteiger partial charge in [0.05, 0.1) is 0 Å². The van der Waals surface area contributed by atoms with Gasteiger partial charge in [0.2, 0.25) is 5.91 Å². The Balaban J connectivity index is 1.56. The molecule has 1 amide bonds. The topological polar surface area (TPSA) is 46.3 Å². The number of rotatable bonds is 5. The van der Waals surface area contributed by atoms with Gasteiger partial charge in [-0.1, -0.05) is 60.7 Å². The van der Waals surface area contributed by atoms with Crippen LogP contribution in [0.4, 0.5) is 0 Å². The minimum Gasteiger partial charge on any atom is -0.440 e. The van der Waals surface area contributed by atoms with Crippen molar-refractivity contribution in [2.75, 3.05) is 6.54 Å². The summed E-state index contributed by atoms with van der Waals surface area (Å²) in [5, 5.41) is 0. The molecule has 4 rings (SSSR count). The summed E-state index contributed by atoms with van der Waals surface area (Å²) in [5.41, 5.74) is 2.85. The highest BCUT2D eigenvalue weighted by Crippen LogP contribution is 2.33. The van der Waals surface area contributed by atoms with Gasteiger partial charge in [-0.2, -0.15) is 0 Å². The van der Waals surface area contributed by atoms with Crippen molar-refractivity contribution in [3.63, 3.8) is 0 Å². The second-order valence-electron chi connectivity index (χ2n) is 7.45. The van der Waals surface area contributed by atoms with Gasteiger partial charge in [0, 0.05) is 36.6 Å². The number of hydrogen-bond donors (Lipinski definition) is 0. The van der Waals surface area contributed by atoms with E-state index in [2.05, 4.69) is 6.92 Å². The molecule has 0 aliphatic carbocycles. The molecule has 4 heteroatoms. The van der Waals surface area contributed by atoms with Crippen LogP contribution in [0.15, 0.2) is 65.1 Å². The maximum Gasteiger partial charge on any atom is 0.223 e. The highest BCUT2D eigenvalue weighted by molar-refractivity contribution is 5.78. The highest BCUT2D eigenvalue weighted by Gasteiger charge is 2.24. The van der Waals surface area contributed by atoms with Crippen molar-refractivity contribution < 1.29 is 9.21 Å². The summed E-state index contributed by atoms with van der Waals surface area (Å²) in [6, 6.07) is 20.4. The summed E-state index contributed by atoms with van der Waals surface area (Å²) in [7, 11) is 0. The molecule has 0 spiro atoms. The third kappa shape index (κ3) is 4.01. The van der Waals surface area contributed by atoms with Crippen LogP contribution in [0, 0.1) is 0 Å². The van der Waals surface area contributed by atoms with Gasteiger partial charge in [-0.3, -0.25) is 4.79 Å². The lowest BCUT2D eigenvalue weighted by Crippen LogP contribution is -2.42. The molecule has 1 unspecified atom stereocenters. The number of aromatic nitrogens is 1. The zero-order valence-corrected chi connectivity index (χ0v) is 16.3. The lowest BCUT2D eigenvalue weighted by Gasteiger charge is -2.33. The van der Waals surface area contributed by atoms with Gasteiger partial charge in [-0.05, 0) is 26.2 Å². The summed E-state index contributed by atoms with van der Waals surface area (Å²) in [6.07, 6.45) is 4.38. The molecular formula is C24H26N2O2. The minimum atomic E-state index is 0.202. The van der Waals surface area contributed by atoms with Crippen LogP contribution < -0.4 is 0 Å². The molecule has 4 nitrogen and oxygen atoms in total. The highest BCUT2D eigenvalue weighted by atomic mass is 16.4. The molecule has 0 bridgehead atoms. The van der Waals surface area contributed by atoms with E-state index in [9.17, 15) is 4.79 Å². The number of aryl methyl sites for hydroxylation is 1. The standard InChI is InChI=1S/C24H26N2O2/c1-18-10-8-9-17-26(18)22(27)16-15-21-25-23(19-11-4-2-5-12-19)24(28-21)20-13-6-3-7-14-20/h2-7,11-14,18H,8-10,15-17H2,1H3. The Kier molecular flexibility index (Phi) is 5.56. The number of piperidine rings is 1. The van der Waals surface area contributed by atoms with E-state index in [1.165, 1.54) is 6.42 Å². The van der Waals surface area contributed by atoms with Crippen molar-refractivity contribution in [2.45, 2.75) is 45.1 Å². The predicted molar refractivity (Wildman–Crippen MR) is 111 cm³/mol. The largest absolute Gasteiger partial charge is 0.440 e. The molecule has 0 saturated carbocycles. The van der Waals surface area contributed by atoms with Crippen LogP contribution in [0.1, 0.15) is 38.5 Å². The Morgan fingerprint density at radius 2 is 1.71 bits per heavy atom. The molecule has 3 aromatic rings. The number of carbonyl (C=O) groups is 1. The van der Waals surface area contributed by atoms with Crippen LogP contribution in [0.3, 0.4) is 0 Å². The Morgan fingerprint density at radius 3 is 2.39 bits per heavy atom. The minimum absolute atomic E-state index is 0.202. The Morgan fingerprint density at radius 1 is 1.04 bits per heavy atom. The van der Waals surface area contributed by atoms with Crippen molar-refractivity contribution in [3.05, 3.63) is 66.6 Å². The molecule has 1 aliphatic rings. The molecule has 0 N–H and O–H groups in total. The molecule has 2 aromatic carbocycles.